The zero-order chi connectivity index (χ0) is 11.2. The SMILES string of the molecule is C=C(C)C(=O)OCCCC[Si](Br)(Br)Br. The topological polar surface area (TPSA) is 26.3 Å². The van der Waals surface area contributed by atoms with Crippen molar-refractivity contribution in [1.82, 2.24) is 0 Å². The third-order valence-corrected chi connectivity index (χ3v) is 5.93. The van der Waals surface area contributed by atoms with E-state index >= 15 is 0 Å². The standard InChI is InChI=1S/C8H13Br3O2Si/c1-7(2)8(12)13-5-3-4-6-14(9,10)11/h1,3-6H2,2H3. The Bertz CT molecular complexity index is 213. The molecule has 0 amide bonds. The number of unbranched alkanes of at least 4 members (excludes halogenated alkanes) is 1. The predicted molar refractivity (Wildman–Crippen MR) is 72.3 cm³/mol. The Morgan fingerprint density at radius 1 is 1.36 bits per heavy atom. The number of ether oxygens (including phenoxy) is 1. The smallest absolute Gasteiger partial charge is 0.333 e. The van der Waals surface area contributed by atoms with Gasteiger partial charge in [0.15, 0.2) is 0 Å². The molecule has 14 heavy (non-hydrogen) atoms. The highest BCUT2D eigenvalue weighted by Gasteiger charge is 2.20. The first-order valence-corrected chi connectivity index (χ1v) is 13.2. The molecule has 0 bridgehead atoms. The van der Waals surface area contributed by atoms with Crippen LogP contribution in [0.1, 0.15) is 19.8 Å². The van der Waals surface area contributed by atoms with E-state index in [1.807, 2.05) is 0 Å². The normalized spacial score (nSPS) is 11.1. The zero-order valence-electron chi connectivity index (χ0n) is 7.99. The highest BCUT2D eigenvalue weighted by atomic mass is 80.0. The molecule has 0 fully saturated rings. The number of hydrogen-bond donors (Lipinski definition) is 0. The van der Waals surface area contributed by atoms with Crippen LogP contribution < -0.4 is 0 Å². The molecule has 0 unspecified atom stereocenters. The van der Waals surface area contributed by atoms with Gasteiger partial charge in [0.05, 0.1) is 6.61 Å². The lowest BCUT2D eigenvalue weighted by Crippen LogP contribution is -2.08. The second kappa shape index (κ2) is 7.19. The Labute approximate surface area is 109 Å². The van der Waals surface area contributed by atoms with E-state index in [2.05, 4.69) is 52.5 Å². The summed E-state index contributed by atoms with van der Waals surface area (Å²) >= 11 is 10.6. The summed E-state index contributed by atoms with van der Waals surface area (Å²) in [5.74, 6) is -0.301. The van der Waals surface area contributed by atoms with Gasteiger partial charge in [-0.1, -0.05) is 58.9 Å². The first-order chi connectivity index (χ1) is 6.33. The molecule has 0 aromatic heterocycles. The van der Waals surface area contributed by atoms with Crippen LogP contribution in [0.2, 0.25) is 6.04 Å². The number of hydrogen-bond acceptors (Lipinski definition) is 2. The maximum Gasteiger partial charge on any atom is 0.333 e. The van der Waals surface area contributed by atoms with Gasteiger partial charge in [0.2, 0.25) is 0 Å². The first-order valence-electron chi connectivity index (χ1n) is 4.22. The van der Waals surface area contributed by atoms with Gasteiger partial charge in [-0.3, -0.25) is 0 Å². The Morgan fingerprint density at radius 3 is 2.36 bits per heavy atom. The van der Waals surface area contributed by atoms with Gasteiger partial charge in [0.25, 0.3) is 3.93 Å². The molecule has 2 nitrogen and oxygen atoms in total. The summed E-state index contributed by atoms with van der Waals surface area (Å²) in [5.41, 5.74) is 0.454. The summed E-state index contributed by atoms with van der Waals surface area (Å²) < 4.78 is 3.47. The Hall–Kier alpha value is 0.867. The van der Waals surface area contributed by atoms with Gasteiger partial charge in [0.1, 0.15) is 0 Å². The van der Waals surface area contributed by atoms with Crippen LogP contribution in [-0.4, -0.2) is 16.5 Å². The van der Waals surface area contributed by atoms with Gasteiger partial charge in [-0.2, -0.15) is 0 Å². The third-order valence-electron chi connectivity index (χ3n) is 1.44. The van der Waals surface area contributed by atoms with Gasteiger partial charge < -0.3 is 4.74 Å². The van der Waals surface area contributed by atoms with Crippen LogP contribution in [0.15, 0.2) is 12.2 Å². The van der Waals surface area contributed by atoms with Crippen molar-refractivity contribution in [3.05, 3.63) is 12.2 Å². The molecule has 0 radical (unpaired) electrons. The fourth-order valence-electron chi connectivity index (χ4n) is 0.716. The van der Waals surface area contributed by atoms with Crippen molar-refractivity contribution in [3.8, 4) is 0 Å². The first kappa shape index (κ1) is 14.9. The quantitative estimate of drug-likeness (QED) is 0.218. The molecule has 0 aromatic rings. The lowest BCUT2D eigenvalue weighted by Gasteiger charge is -2.08. The van der Waals surface area contributed by atoms with Crippen molar-refractivity contribution in [3.63, 3.8) is 0 Å². The van der Waals surface area contributed by atoms with Crippen molar-refractivity contribution in [2.75, 3.05) is 6.61 Å². The van der Waals surface area contributed by atoms with Crippen LogP contribution in [0.3, 0.4) is 0 Å². The minimum absolute atomic E-state index is 0.301. The average molecular weight is 409 g/mol. The molecule has 0 aliphatic rings. The molecule has 0 aromatic carbocycles. The molecular weight excluding hydrogens is 396 g/mol. The molecule has 6 heteroatoms. The number of carbonyl (C=O) groups excluding carboxylic acids is 1. The summed E-state index contributed by atoms with van der Waals surface area (Å²) in [6.07, 6.45) is 1.91. The molecule has 0 heterocycles. The van der Waals surface area contributed by atoms with Crippen LogP contribution in [0, 0.1) is 0 Å². The Morgan fingerprint density at radius 2 is 1.93 bits per heavy atom. The summed E-state index contributed by atoms with van der Waals surface area (Å²) in [4.78, 5) is 11.0. The zero-order valence-corrected chi connectivity index (χ0v) is 13.7. The number of esters is 1. The van der Waals surface area contributed by atoms with Crippen molar-refractivity contribution in [1.29, 1.82) is 0 Å². The second-order valence-corrected chi connectivity index (χ2v) is 26.5. The Kier molecular flexibility index (Phi) is 7.64. The average Bonchev–Trinajstić information content (AvgIpc) is 2.01. The molecule has 0 atom stereocenters. The molecule has 82 valence electrons. The van der Waals surface area contributed by atoms with Crippen molar-refractivity contribution < 1.29 is 9.53 Å². The van der Waals surface area contributed by atoms with E-state index < -0.39 is 3.93 Å². The fraction of sp³-hybridized carbons (Fsp3) is 0.625. The molecule has 0 spiro atoms. The van der Waals surface area contributed by atoms with E-state index in [1.54, 1.807) is 6.92 Å². The number of rotatable bonds is 6. The fourth-order valence-corrected chi connectivity index (χ4v) is 3.89. The van der Waals surface area contributed by atoms with Gasteiger partial charge in [0, 0.05) is 5.57 Å². The van der Waals surface area contributed by atoms with Crippen LogP contribution in [0.25, 0.3) is 0 Å². The maximum absolute atomic E-state index is 11.0. The molecule has 0 saturated heterocycles. The molecule has 0 aliphatic heterocycles. The predicted octanol–water partition coefficient (Wildman–Crippen LogP) is 4.01. The third kappa shape index (κ3) is 9.42. The van der Waals surface area contributed by atoms with Crippen LogP contribution in [0.5, 0.6) is 0 Å². The van der Waals surface area contributed by atoms with E-state index in [-0.39, 0.29) is 5.97 Å². The summed E-state index contributed by atoms with van der Waals surface area (Å²) in [6, 6.07) is 1.05. The number of halogens is 3. The monoisotopic (exact) mass is 406 g/mol. The van der Waals surface area contributed by atoms with Gasteiger partial charge in [-0.15, -0.1) is 0 Å². The summed E-state index contributed by atoms with van der Waals surface area (Å²) in [6.45, 7) is 5.63. The van der Waals surface area contributed by atoms with Crippen LogP contribution in [-0.2, 0) is 9.53 Å². The van der Waals surface area contributed by atoms with Crippen molar-refractivity contribution >= 4 is 55.8 Å². The van der Waals surface area contributed by atoms with E-state index in [4.69, 9.17) is 4.74 Å². The Balaban J connectivity index is 3.39. The second-order valence-electron chi connectivity index (χ2n) is 2.99. The minimum atomic E-state index is -1.48. The molecule has 0 N–H and O–H groups in total. The molecular formula is C8H13Br3O2Si. The van der Waals surface area contributed by atoms with E-state index in [0.717, 1.165) is 18.9 Å². The highest BCUT2D eigenvalue weighted by Crippen LogP contribution is 2.33. The molecule has 0 rings (SSSR count). The van der Waals surface area contributed by atoms with Gasteiger partial charge in [-0.05, 0) is 19.4 Å². The van der Waals surface area contributed by atoms with E-state index in [9.17, 15) is 4.79 Å². The lowest BCUT2D eigenvalue weighted by atomic mass is 10.3. The van der Waals surface area contributed by atoms with Gasteiger partial charge in [-0.25, -0.2) is 4.79 Å². The number of carbonyl (C=O) groups is 1. The van der Waals surface area contributed by atoms with E-state index in [0.29, 0.717) is 12.2 Å². The molecule has 0 aliphatic carbocycles. The largest absolute Gasteiger partial charge is 0.462 e. The minimum Gasteiger partial charge on any atom is -0.462 e. The lowest BCUT2D eigenvalue weighted by molar-refractivity contribution is -0.139. The summed E-state index contributed by atoms with van der Waals surface area (Å²) in [5, 5.41) is 0. The van der Waals surface area contributed by atoms with E-state index in [1.165, 1.54) is 0 Å². The van der Waals surface area contributed by atoms with Crippen LogP contribution >= 0.6 is 45.9 Å². The highest BCUT2D eigenvalue weighted by molar-refractivity contribution is 9.72. The van der Waals surface area contributed by atoms with Crippen molar-refractivity contribution in [2.24, 2.45) is 0 Å². The van der Waals surface area contributed by atoms with Gasteiger partial charge >= 0.3 is 5.97 Å². The van der Waals surface area contributed by atoms with Crippen molar-refractivity contribution in [2.45, 2.75) is 25.8 Å². The molecule has 0 saturated carbocycles. The van der Waals surface area contributed by atoms with Crippen LogP contribution in [0.4, 0.5) is 0 Å². The summed E-state index contributed by atoms with van der Waals surface area (Å²) in [7, 11) is 0. The maximum atomic E-state index is 11.0.